The zero-order chi connectivity index (χ0) is 28.7. The maximum atomic E-state index is 14.0. The Morgan fingerprint density at radius 3 is 2.13 bits per heavy atom. The molecule has 0 spiro atoms. The van der Waals surface area contributed by atoms with Gasteiger partial charge in [-0.2, -0.15) is 0 Å². The SMILES string of the molecule is CC(C)NC(=O)[C@H](Cc1ccccc1)N(Cc1cccc(Cl)c1)C(=O)CN(c1cc(Cl)ccc1Cl)S(C)(=O)=O. The topological polar surface area (TPSA) is 86.8 Å². The van der Waals surface area contributed by atoms with Gasteiger partial charge in [0.1, 0.15) is 12.6 Å². The molecule has 0 saturated carbocycles. The molecule has 7 nitrogen and oxygen atoms in total. The van der Waals surface area contributed by atoms with E-state index in [1.54, 1.807) is 24.3 Å². The molecular formula is C28H30Cl3N3O4S. The van der Waals surface area contributed by atoms with Crippen LogP contribution in [0.25, 0.3) is 0 Å². The third-order valence-corrected chi connectivity index (χ3v) is 7.72. The standard InChI is InChI=1S/C28H30Cl3N3O4S/c1-19(2)32-28(36)26(15-20-8-5-4-6-9-20)33(17-21-10-7-11-22(29)14-21)27(35)18-34(39(3,37)38)25-16-23(30)12-13-24(25)31/h4-14,16,19,26H,15,17-18H2,1-3H3,(H,32,36)/t26-/m0/s1. The molecule has 11 heteroatoms. The lowest BCUT2D eigenvalue weighted by molar-refractivity contribution is -0.140. The molecule has 0 aliphatic heterocycles. The highest BCUT2D eigenvalue weighted by molar-refractivity contribution is 7.92. The molecule has 0 saturated heterocycles. The van der Waals surface area contributed by atoms with Crippen LogP contribution in [0.5, 0.6) is 0 Å². The molecule has 2 amide bonds. The van der Waals surface area contributed by atoms with Crippen molar-refractivity contribution >= 4 is 62.3 Å². The molecule has 0 radical (unpaired) electrons. The van der Waals surface area contributed by atoms with Gasteiger partial charge < -0.3 is 10.2 Å². The van der Waals surface area contributed by atoms with Gasteiger partial charge in [-0.25, -0.2) is 8.42 Å². The molecule has 0 aliphatic carbocycles. The number of rotatable bonds is 11. The molecular weight excluding hydrogens is 581 g/mol. The van der Waals surface area contributed by atoms with E-state index in [9.17, 15) is 18.0 Å². The zero-order valence-corrected chi connectivity index (χ0v) is 24.9. The van der Waals surface area contributed by atoms with Gasteiger partial charge in [0.15, 0.2) is 0 Å². The lowest BCUT2D eigenvalue weighted by Crippen LogP contribution is -2.54. The first-order chi connectivity index (χ1) is 18.3. The van der Waals surface area contributed by atoms with E-state index >= 15 is 0 Å². The fraction of sp³-hybridized carbons (Fsp3) is 0.286. The fourth-order valence-corrected chi connectivity index (χ4v) is 5.54. The predicted octanol–water partition coefficient (Wildman–Crippen LogP) is 5.58. The van der Waals surface area contributed by atoms with Crippen molar-refractivity contribution in [3.63, 3.8) is 0 Å². The molecule has 3 rings (SSSR count). The summed E-state index contributed by atoms with van der Waals surface area (Å²) in [4.78, 5) is 28.9. The lowest BCUT2D eigenvalue weighted by atomic mass is 10.0. The third-order valence-electron chi connectivity index (χ3n) is 5.80. The number of anilines is 1. The molecule has 0 aromatic heterocycles. The van der Waals surface area contributed by atoms with Crippen LogP contribution in [0.15, 0.2) is 72.8 Å². The van der Waals surface area contributed by atoms with E-state index in [0.717, 1.165) is 16.1 Å². The van der Waals surface area contributed by atoms with Crippen LogP contribution in [0, 0.1) is 0 Å². The van der Waals surface area contributed by atoms with E-state index < -0.39 is 28.5 Å². The Morgan fingerprint density at radius 1 is 0.872 bits per heavy atom. The summed E-state index contributed by atoms with van der Waals surface area (Å²) in [6.45, 7) is 3.07. The molecule has 3 aromatic rings. The van der Waals surface area contributed by atoms with Crippen molar-refractivity contribution in [2.24, 2.45) is 0 Å². The average Bonchev–Trinajstić information content (AvgIpc) is 2.85. The smallest absolute Gasteiger partial charge is 0.244 e. The van der Waals surface area contributed by atoms with Gasteiger partial charge in [-0.1, -0.05) is 77.3 Å². The van der Waals surface area contributed by atoms with E-state index in [0.29, 0.717) is 10.6 Å². The third kappa shape index (κ3) is 8.86. The Hall–Kier alpha value is -2.78. The second-order valence-electron chi connectivity index (χ2n) is 9.39. The molecule has 0 fully saturated rings. The van der Waals surface area contributed by atoms with Gasteiger partial charge in [0.2, 0.25) is 21.8 Å². The van der Waals surface area contributed by atoms with Gasteiger partial charge in [-0.15, -0.1) is 0 Å². The van der Waals surface area contributed by atoms with Gasteiger partial charge in [0.25, 0.3) is 0 Å². The minimum Gasteiger partial charge on any atom is -0.352 e. The van der Waals surface area contributed by atoms with Crippen molar-refractivity contribution in [1.82, 2.24) is 10.2 Å². The monoisotopic (exact) mass is 609 g/mol. The number of halogens is 3. The highest BCUT2D eigenvalue weighted by atomic mass is 35.5. The van der Waals surface area contributed by atoms with Gasteiger partial charge in [0, 0.05) is 29.1 Å². The highest BCUT2D eigenvalue weighted by Crippen LogP contribution is 2.31. The van der Waals surface area contributed by atoms with Crippen LogP contribution in [0.2, 0.25) is 15.1 Å². The first-order valence-corrected chi connectivity index (χ1v) is 15.1. The van der Waals surface area contributed by atoms with Crippen molar-refractivity contribution in [3.05, 3.63) is 99.0 Å². The quantitative estimate of drug-likeness (QED) is 0.307. The first-order valence-electron chi connectivity index (χ1n) is 12.2. The predicted molar refractivity (Wildman–Crippen MR) is 158 cm³/mol. The van der Waals surface area contributed by atoms with Gasteiger partial charge >= 0.3 is 0 Å². The number of amides is 2. The normalized spacial score (nSPS) is 12.2. The Balaban J connectivity index is 2.08. The van der Waals surface area contributed by atoms with Crippen molar-refractivity contribution in [2.75, 3.05) is 17.1 Å². The number of hydrogen-bond acceptors (Lipinski definition) is 4. The van der Waals surface area contributed by atoms with Crippen LogP contribution in [0.4, 0.5) is 5.69 Å². The number of carbonyl (C=O) groups excluding carboxylic acids is 2. The maximum absolute atomic E-state index is 14.0. The molecule has 39 heavy (non-hydrogen) atoms. The Morgan fingerprint density at radius 2 is 1.51 bits per heavy atom. The largest absolute Gasteiger partial charge is 0.352 e. The van der Waals surface area contributed by atoms with Crippen molar-refractivity contribution in [2.45, 2.75) is 38.9 Å². The Bertz CT molecular complexity index is 1420. The molecule has 208 valence electrons. The van der Waals surface area contributed by atoms with Gasteiger partial charge in [-0.05, 0) is 55.3 Å². The number of nitrogens with one attached hydrogen (secondary N) is 1. The van der Waals surface area contributed by atoms with Crippen molar-refractivity contribution < 1.29 is 18.0 Å². The summed E-state index contributed by atoms with van der Waals surface area (Å²) in [5, 5.41) is 3.73. The van der Waals surface area contributed by atoms with E-state index in [2.05, 4.69) is 5.32 Å². The van der Waals surface area contributed by atoms with E-state index in [1.165, 1.54) is 23.1 Å². The van der Waals surface area contributed by atoms with Crippen molar-refractivity contribution in [1.29, 1.82) is 0 Å². The number of sulfonamides is 1. The van der Waals surface area contributed by atoms with E-state index in [1.807, 2.05) is 44.2 Å². The first kappa shape index (κ1) is 30.8. The van der Waals surface area contributed by atoms with Crippen LogP contribution in [-0.2, 0) is 32.6 Å². The van der Waals surface area contributed by atoms with E-state index in [-0.39, 0.29) is 40.6 Å². The second kappa shape index (κ2) is 13.5. The van der Waals surface area contributed by atoms with E-state index in [4.69, 9.17) is 34.8 Å². The molecule has 0 bridgehead atoms. The Labute approximate surface area is 244 Å². The lowest BCUT2D eigenvalue weighted by Gasteiger charge is -2.34. The van der Waals surface area contributed by atoms with Crippen LogP contribution in [0.1, 0.15) is 25.0 Å². The fourth-order valence-electron chi connectivity index (χ4n) is 4.04. The minimum absolute atomic E-state index is 0.0172. The Kier molecular flexibility index (Phi) is 10.7. The molecule has 0 unspecified atom stereocenters. The summed E-state index contributed by atoms with van der Waals surface area (Å²) in [5.41, 5.74) is 1.58. The van der Waals surface area contributed by atoms with Gasteiger partial charge in [0.05, 0.1) is 17.0 Å². The van der Waals surface area contributed by atoms with Crippen LogP contribution >= 0.6 is 34.8 Å². The number of carbonyl (C=O) groups is 2. The second-order valence-corrected chi connectivity index (χ2v) is 12.6. The summed E-state index contributed by atoms with van der Waals surface area (Å²) >= 11 is 18.6. The summed E-state index contributed by atoms with van der Waals surface area (Å²) < 4.78 is 26.6. The highest BCUT2D eigenvalue weighted by Gasteiger charge is 2.33. The summed E-state index contributed by atoms with van der Waals surface area (Å²) in [6.07, 6.45) is 1.19. The summed E-state index contributed by atoms with van der Waals surface area (Å²) in [6, 6.07) is 19.5. The number of benzene rings is 3. The average molecular weight is 611 g/mol. The molecule has 0 heterocycles. The summed E-state index contributed by atoms with van der Waals surface area (Å²) in [5.74, 6) is -0.966. The van der Waals surface area contributed by atoms with Crippen molar-refractivity contribution in [3.8, 4) is 0 Å². The van der Waals surface area contributed by atoms with Crippen LogP contribution in [-0.4, -0.2) is 50.0 Å². The maximum Gasteiger partial charge on any atom is 0.244 e. The van der Waals surface area contributed by atoms with Crippen LogP contribution < -0.4 is 9.62 Å². The molecule has 1 atom stereocenters. The number of nitrogens with zero attached hydrogens (tertiary/aromatic N) is 2. The molecule has 0 aliphatic rings. The number of hydrogen-bond donors (Lipinski definition) is 1. The zero-order valence-electron chi connectivity index (χ0n) is 21.8. The van der Waals surface area contributed by atoms with Gasteiger partial charge in [-0.3, -0.25) is 13.9 Å². The molecule has 1 N–H and O–H groups in total. The minimum atomic E-state index is -3.97. The summed E-state index contributed by atoms with van der Waals surface area (Å²) in [7, 11) is -3.97. The van der Waals surface area contributed by atoms with Crippen LogP contribution in [0.3, 0.4) is 0 Å². The molecule has 3 aromatic carbocycles.